The van der Waals surface area contributed by atoms with Crippen molar-refractivity contribution < 1.29 is 14.3 Å². The molecule has 6 heteroatoms. The van der Waals surface area contributed by atoms with Crippen LogP contribution in [0.15, 0.2) is 60.7 Å². The van der Waals surface area contributed by atoms with Crippen molar-refractivity contribution in [2.75, 3.05) is 52.3 Å². The minimum absolute atomic E-state index is 0.0601. The van der Waals surface area contributed by atoms with Crippen molar-refractivity contribution in [3.05, 3.63) is 66.2 Å². The number of hydrogen-bond acceptors (Lipinski definition) is 5. The van der Waals surface area contributed by atoms with Crippen LogP contribution < -0.4 is 14.8 Å². The van der Waals surface area contributed by atoms with Crippen molar-refractivity contribution in [1.82, 2.24) is 9.80 Å². The van der Waals surface area contributed by atoms with E-state index in [4.69, 9.17) is 9.47 Å². The molecular weight excluding hydrogens is 402 g/mol. The molecule has 3 aromatic rings. The highest BCUT2D eigenvalue weighted by atomic mass is 16.5. The number of fused-ring (bicyclic) bond motifs is 1. The lowest BCUT2D eigenvalue weighted by Gasteiger charge is -2.34. The van der Waals surface area contributed by atoms with Crippen molar-refractivity contribution in [2.45, 2.75) is 13.0 Å². The predicted molar refractivity (Wildman–Crippen MR) is 128 cm³/mol. The first-order chi connectivity index (χ1) is 15.7. The van der Waals surface area contributed by atoms with E-state index in [0.29, 0.717) is 6.42 Å². The molecule has 0 atom stereocenters. The summed E-state index contributed by atoms with van der Waals surface area (Å²) in [6.07, 6.45) is 0.493. The smallest absolute Gasteiger partial charge is 0.225 e. The number of piperazine rings is 1. The van der Waals surface area contributed by atoms with E-state index in [-0.39, 0.29) is 5.91 Å². The molecule has 168 valence electrons. The quantitative estimate of drug-likeness (QED) is 0.582. The topological polar surface area (TPSA) is 54.0 Å². The molecule has 0 aromatic heterocycles. The summed E-state index contributed by atoms with van der Waals surface area (Å²) in [4.78, 5) is 17.3. The molecule has 32 heavy (non-hydrogen) atoms. The number of benzene rings is 3. The summed E-state index contributed by atoms with van der Waals surface area (Å²) in [5.74, 6) is 1.79. The van der Waals surface area contributed by atoms with E-state index >= 15 is 0 Å². The zero-order chi connectivity index (χ0) is 22.3. The Morgan fingerprint density at radius 3 is 2.44 bits per heavy atom. The van der Waals surface area contributed by atoms with Gasteiger partial charge in [-0.1, -0.05) is 36.4 Å². The van der Waals surface area contributed by atoms with Crippen LogP contribution >= 0.6 is 0 Å². The lowest BCUT2D eigenvalue weighted by molar-refractivity contribution is -0.116. The highest BCUT2D eigenvalue weighted by Gasteiger charge is 2.19. The number of ether oxygens (including phenoxy) is 2. The summed E-state index contributed by atoms with van der Waals surface area (Å²) in [6, 6.07) is 20.0. The van der Waals surface area contributed by atoms with E-state index in [2.05, 4.69) is 27.2 Å². The Balaban J connectivity index is 1.25. The first-order valence-corrected chi connectivity index (χ1v) is 11.1. The average molecular weight is 434 g/mol. The summed E-state index contributed by atoms with van der Waals surface area (Å²) in [6.45, 7) is 5.43. The molecule has 6 nitrogen and oxygen atoms in total. The Labute approximate surface area is 189 Å². The second-order valence-electron chi connectivity index (χ2n) is 8.12. The van der Waals surface area contributed by atoms with Gasteiger partial charge in [0.05, 0.1) is 14.2 Å². The molecule has 1 aliphatic heterocycles. The Bertz CT molecular complexity index is 1060. The maximum Gasteiger partial charge on any atom is 0.225 e. The molecule has 0 saturated carbocycles. The second-order valence-corrected chi connectivity index (χ2v) is 8.12. The molecule has 4 rings (SSSR count). The zero-order valence-electron chi connectivity index (χ0n) is 18.8. The first-order valence-electron chi connectivity index (χ1n) is 11.1. The normalized spacial score (nSPS) is 14.9. The molecule has 0 radical (unpaired) electrons. The van der Waals surface area contributed by atoms with Gasteiger partial charge in [-0.15, -0.1) is 0 Å². The molecule has 3 aromatic carbocycles. The molecule has 1 heterocycles. The van der Waals surface area contributed by atoms with Gasteiger partial charge in [-0.05, 0) is 29.7 Å². The number of hydrogen-bond donors (Lipinski definition) is 1. The summed E-state index contributed by atoms with van der Waals surface area (Å²) in [5, 5.41) is 5.30. The van der Waals surface area contributed by atoms with Crippen LogP contribution in [0.4, 0.5) is 5.69 Å². The summed E-state index contributed by atoms with van der Waals surface area (Å²) >= 11 is 0. The standard InChI is InChI=1S/C26H31N3O3/c1-31-22-10-11-25(32-2)21(18-22)19-29-16-14-28(15-17-29)13-12-26(30)27-24-9-5-7-20-6-3-4-8-23(20)24/h3-11,18H,12-17,19H2,1-2H3,(H,27,30). The molecule has 0 aliphatic carbocycles. The summed E-state index contributed by atoms with van der Waals surface area (Å²) in [7, 11) is 3.38. The Hall–Kier alpha value is -3.09. The van der Waals surface area contributed by atoms with Crippen LogP contribution in [0.2, 0.25) is 0 Å². The van der Waals surface area contributed by atoms with Crippen LogP contribution in [0.5, 0.6) is 11.5 Å². The first kappa shape index (κ1) is 22.1. The van der Waals surface area contributed by atoms with E-state index in [9.17, 15) is 4.79 Å². The summed E-state index contributed by atoms with van der Waals surface area (Å²) < 4.78 is 10.9. The number of rotatable bonds is 8. The number of nitrogens with one attached hydrogen (secondary N) is 1. The zero-order valence-corrected chi connectivity index (χ0v) is 18.8. The van der Waals surface area contributed by atoms with Crippen LogP contribution in [-0.2, 0) is 11.3 Å². The number of carbonyl (C=O) groups is 1. The Kier molecular flexibility index (Phi) is 7.24. The predicted octanol–water partition coefficient (Wildman–Crippen LogP) is 4.00. The average Bonchev–Trinajstić information content (AvgIpc) is 2.84. The minimum Gasteiger partial charge on any atom is -0.497 e. The Morgan fingerprint density at radius 1 is 0.906 bits per heavy atom. The lowest BCUT2D eigenvalue weighted by Crippen LogP contribution is -2.46. The fourth-order valence-electron chi connectivity index (χ4n) is 4.22. The molecule has 1 N–H and O–H groups in total. The van der Waals surface area contributed by atoms with Crippen LogP contribution in [-0.4, -0.2) is 62.7 Å². The van der Waals surface area contributed by atoms with Crippen LogP contribution in [0, 0.1) is 0 Å². The van der Waals surface area contributed by atoms with E-state index in [1.807, 2.05) is 48.5 Å². The van der Waals surface area contributed by atoms with Crippen LogP contribution in [0.3, 0.4) is 0 Å². The Morgan fingerprint density at radius 2 is 1.66 bits per heavy atom. The lowest BCUT2D eigenvalue weighted by atomic mass is 10.1. The van der Waals surface area contributed by atoms with Gasteiger partial charge in [-0.3, -0.25) is 9.69 Å². The highest BCUT2D eigenvalue weighted by Crippen LogP contribution is 2.26. The maximum absolute atomic E-state index is 12.6. The molecule has 1 aliphatic rings. The molecule has 0 bridgehead atoms. The molecule has 0 unspecified atom stereocenters. The monoisotopic (exact) mass is 433 g/mol. The van der Waals surface area contributed by atoms with Gasteiger partial charge in [0.15, 0.2) is 0 Å². The molecular formula is C26H31N3O3. The van der Waals surface area contributed by atoms with E-state index in [1.54, 1.807) is 14.2 Å². The van der Waals surface area contributed by atoms with E-state index in [1.165, 1.54) is 0 Å². The van der Waals surface area contributed by atoms with Crippen molar-refractivity contribution >= 4 is 22.4 Å². The van der Waals surface area contributed by atoms with E-state index < -0.39 is 0 Å². The van der Waals surface area contributed by atoms with Crippen LogP contribution in [0.1, 0.15) is 12.0 Å². The third kappa shape index (κ3) is 5.39. The molecule has 0 spiro atoms. The third-order valence-corrected chi connectivity index (χ3v) is 6.07. The van der Waals surface area contributed by atoms with Gasteiger partial charge < -0.3 is 19.7 Å². The van der Waals surface area contributed by atoms with Gasteiger partial charge in [0, 0.05) is 62.3 Å². The van der Waals surface area contributed by atoms with Gasteiger partial charge in [-0.2, -0.15) is 0 Å². The number of methoxy groups -OCH3 is 2. The van der Waals surface area contributed by atoms with Crippen LogP contribution in [0.25, 0.3) is 10.8 Å². The number of nitrogens with zero attached hydrogens (tertiary/aromatic N) is 2. The molecule has 1 saturated heterocycles. The van der Waals surface area contributed by atoms with Gasteiger partial charge in [0.2, 0.25) is 5.91 Å². The highest BCUT2D eigenvalue weighted by molar-refractivity contribution is 6.02. The van der Waals surface area contributed by atoms with Gasteiger partial charge in [-0.25, -0.2) is 0 Å². The van der Waals surface area contributed by atoms with Gasteiger partial charge in [0.25, 0.3) is 0 Å². The SMILES string of the molecule is COc1ccc(OC)c(CN2CCN(CCC(=O)Nc3cccc4ccccc34)CC2)c1. The molecule has 1 amide bonds. The number of carbonyl (C=O) groups excluding carboxylic acids is 1. The largest absolute Gasteiger partial charge is 0.497 e. The number of amides is 1. The van der Waals surface area contributed by atoms with Gasteiger partial charge in [0.1, 0.15) is 11.5 Å². The fourth-order valence-corrected chi connectivity index (χ4v) is 4.22. The summed E-state index contributed by atoms with van der Waals surface area (Å²) in [5.41, 5.74) is 2.01. The minimum atomic E-state index is 0.0601. The fraction of sp³-hybridized carbons (Fsp3) is 0.346. The number of anilines is 1. The van der Waals surface area contributed by atoms with E-state index in [0.717, 1.165) is 72.8 Å². The second kappa shape index (κ2) is 10.5. The van der Waals surface area contributed by atoms with Crippen molar-refractivity contribution in [3.8, 4) is 11.5 Å². The van der Waals surface area contributed by atoms with Crippen molar-refractivity contribution in [3.63, 3.8) is 0 Å². The van der Waals surface area contributed by atoms with Crippen molar-refractivity contribution in [1.29, 1.82) is 0 Å². The molecule has 1 fully saturated rings. The van der Waals surface area contributed by atoms with Gasteiger partial charge >= 0.3 is 0 Å². The third-order valence-electron chi connectivity index (χ3n) is 6.07. The maximum atomic E-state index is 12.6. The van der Waals surface area contributed by atoms with Crippen molar-refractivity contribution in [2.24, 2.45) is 0 Å².